The van der Waals surface area contributed by atoms with Crippen LogP contribution in [0.1, 0.15) is 36.9 Å². The molecule has 0 spiro atoms. The molecule has 1 aliphatic carbocycles. The van der Waals surface area contributed by atoms with Crippen molar-refractivity contribution in [3.63, 3.8) is 0 Å². The van der Waals surface area contributed by atoms with Gasteiger partial charge in [0.05, 0.1) is 5.56 Å². The molecule has 5 heteroatoms. The van der Waals surface area contributed by atoms with Crippen LogP contribution in [0.15, 0.2) is 18.2 Å². The number of halogens is 4. The predicted octanol–water partition coefficient (Wildman–Crippen LogP) is 4.15. The van der Waals surface area contributed by atoms with Gasteiger partial charge in [-0.1, -0.05) is 13.0 Å². The third-order valence-corrected chi connectivity index (χ3v) is 3.86. The second-order valence-corrected chi connectivity index (χ2v) is 5.20. The summed E-state index contributed by atoms with van der Waals surface area (Å²) in [6.45, 7) is 2.02. The summed E-state index contributed by atoms with van der Waals surface area (Å²) in [7, 11) is 1.72. The molecule has 1 nitrogen and oxygen atoms in total. The van der Waals surface area contributed by atoms with Crippen LogP contribution >= 0.6 is 0 Å². The van der Waals surface area contributed by atoms with Gasteiger partial charge in [0.15, 0.2) is 0 Å². The molecule has 1 N–H and O–H groups in total. The minimum Gasteiger partial charge on any atom is -0.313 e. The Hall–Kier alpha value is -1.10. The van der Waals surface area contributed by atoms with Crippen LogP contribution in [0.3, 0.4) is 0 Å². The van der Waals surface area contributed by atoms with Gasteiger partial charge in [-0.3, -0.25) is 0 Å². The summed E-state index contributed by atoms with van der Waals surface area (Å²) < 4.78 is 51.4. The molecule has 19 heavy (non-hydrogen) atoms. The lowest BCUT2D eigenvalue weighted by molar-refractivity contribution is -0.140. The largest absolute Gasteiger partial charge is 0.419 e. The topological polar surface area (TPSA) is 12.0 Å². The van der Waals surface area contributed by atoms with Crippen LogP contribution in [0.4, 0.5) is 17.6 Å². The summed E-state index contributed by atoms with van der Waals surface area (Å²) >= 11 is 0. The van der Waals surface area contributed by atoms with Gasteiger partial charge in [-0.15, -0.1) is 0 Å². The van der Waals surface area contributed by atoms with Gasteiger partial charge in [0, 0.05) is 6.04 Å². The van der Waals surface area contributed by atoms with Crippen LogP contribution in [0.2, 0.25) is 0 Å². The van der Waals surface area contributed by atoms with E-state index in [0.29, 0.717) is 11.5 Å². The van der Waals surface area contributed by atoms with Gasteiger partial charge < -0.3 is 5.32 Å². The van der Waals surface area contributed by atoms with Gasteiger partial charge in [0.2, 0.25) is 0 Å². The number of rotatable bonds is 4. The van der Waals surface area contributed by atoms with Crippen molar-refractivity contribution < 1.29 is 17.6 Å². The van der Waals surface area contributed by atoms with E-state index in [0.717, 1.165) is 25.0 Å². The molecule has 1 aliphatic rings. The van der Waals surface area contributed by atoms with E-state index in [4.69, 9.17) is 0 Å². The average molecular weight is 275 g/mol. The van der Waals surface area contributed by atoms with Crippen LogP contribution < -0.4 is 5.32 Å². The maximum Gasteiger partial charge on any atom is 0.419 e. The summed E-state index contributed by atoms with van der Waals surface area (Å²) in [5.41, 5.74) is -0.691. The van der Waals surface area contributed by atoms with E-state index in [2.05, 4.69) is 5.32 Å². The summed E-state index contributed by atoms with van der Waals surface area (Å²) in [6.07, 6.45) is -2.42. The molecule has 0 bridgehead atoms. The minimum absolute atomic E-state index is 0.172. The molecule has 0 heterocycles. The fourth-order valence-electron chi connectivity index (χ4n) is 2.58. The molecule has 0 aromatic heterocycles. The Bertz CT molecular complexity index is 451. The van der Waals surface area contributed by atoms with Gasteiger partial charge in [-0.25, -0.2) is 4.39 Å². The lowest BCUT2D eigenvalue weighted by atomic mass is 9.90. The lowest BCUT2D eigenvalue weighted by Gasteiger charge is -2.25. The van der Waals surface area contributed by atoms with Crippen molar-refractivity contribution in [3.05, 3.63) is 35.1 Å². The molecule has 1 aromatic rings. The zero-order chi connectivity index (χ0) is 14.2. The van der Waals surface area contributed by atoms with Gasteiger partial charge in [0.1, 0.15) is 5.82 Å². The second-order valence-electron chi connectivity index (χ2n) is 5.20. The number of benzene rings is 1. The Morgan fingerprint density at radius 1 is 1.26 bits per heavy atom. The molecule has 0 radical (unpaired) electrons. The molecular formula is C14H17F4N. The summed E-state index contributed by atoms with van der Waals surface area (Å²) in [5, 5.41) is 3.05. The number of alkyl halides is 3. The molecular weight excluding hydrogens is 258 g/mol. The Kier molecular flexibility index (Phi) is 3.85. The van der Waals surface area contributed by atoms with E-state index in [9.17, 15) is 17.6 Å². The highest BCUT2D eigenvalue weighted by Gasteiger charge is 2.37. The molecule has 2 unspecified atom stereocenters. The fraction of sp³-hybridized carbons (Fsp3) is 0.571. The smallest absolute Gasteiger partial charge is 0.313 e. The molecule has 2 atom stereocenters. The van der Waals surface area contributed by atoms with Crippen LogP contribution in [0.25, 0.3) is 0 Å². The van der Waals surface area contributed by atoms with Crippen molar-refractivity contribution in [3.8, 4) is 0 Å². The van der Waals surface area contributed by atoms with E-state index < -0.39 is 17.6 Å². The van der Waals surface area contributed by atoms with Crippen LogP contribution in [0.5, 0.6) is 0 Å². The fourth-order valence-corrected chi connectivity index (χ4v) is 2.58. The first-order chi connectivity index (χ1) is 8.84. The zero-order valence-electron chi connectivity index (χ0n) is 10.9. The van der Waals surface area contributed by atoms with Crippen molar-refractivity contribution >= 4 is 0 Å². The Morgan fingerprint density at radius 3 is 2.37 bits per heavy atom. The Labute approximate surface area is 110 Å². The molecule has 0 aliphatic heterocycles. The number of nitrogens with one attached hydrogen (secondary N) is 1. The van der Waals surface area contributed by atoms with E-state index in [1.807, 2.05) is 6.92 Å². The Morgan fingerprint density at radius 2 is 1.89 bits per heavy atom. The standard InChI is InChI=1S/C14H17F4N/c1-8(9-3-4-9)13(19-2)10-5-6-12(15)11(7-10)14(16,17)18/h5-9,13,19H,3-4H2,1-2H3. The SMILES string of the molecule is CNC(c1ccc(F)c(C(F)(F)F)c1)C(C)C1CC1. The Balaban J connectivity index is 2.33. The first-order valence-electron chi connectivity index (χ1n) is 6.38. The third-order valence-electron chi connectivity index (χ3n) is 3.86. The minimum atomic E-state index is -4.65. The van der Waals surface area contributed by atoms with E-state index in [-0.39, 0.29) is 12.0 Å². The molecule has 1 fully saturated rings. The van der Waals surface area contributed by atoms with Gasteiger partial charge in [-0.05, 0) is 49.4 Å². The van der Waals surface area contributed by atoms with Crippen molar-refractivity contribution in [2.75, 3.05) is 7.05 Å². The maximum absolute atomic E-state index is 13.3. The maximum atomic E-state index is 13.3. The van der Waals surface area contributed by atoms with Crippen LogP contribution in [-0.4, -0.2) is 7.05 Å². The highest BCUT2D eigenvalue weighted by atomic mass is 19.4. The molecule has 1 aromatic carbocycles. The average Bonchev–Trinajstić information content (AvgIpc) is 3.14. The quantitative estimate of drug-likeness (QED) is 0.814. The monoisotopic (exact) mass is 275 g/mol. The molecule has 0 saturated heterocycles. The van der Waals surface area contributed by atoms with Crippen LogP contribution in [0, 0.1) is 17.7 Å². The summed E-state index contributed by atoms with van der Waals surface area (Å²) in [6, 6.07) is 3.09. The van der Waals surface area contributed by atoms with E-state index >= 15 is 0 Å². The second kappa shape index (κ2) is 5.12. The van der Waals surface area contributed by atoms with Gasteiger partial charge in [-0.2, -0.15) is 13.2 Å². The first kappa shape index (κ1) is 14.3. The third kappa shape index (κ3) is 3.08. The van der Waals surface area contributed by atoms with E-state index in [1.165, 1.54) is 6.07 Å². The molecule has 1 saturated carbocycles. The van der Waals surface area contributed by atoms with Gasteiger partial charge >= 0.3 is 6.18 Å². The predicted molar refractivity (Wildman–Crippen MR) is 65.1 cm³/mol. The lowest BCUT2D eigenvalue weighted by Crippen LogP contribution is -2.25. The molecule has 2 rings (SSSR count). The summed E-state index contributed by atoms with van der Waals surface area (Å²) in [4.78, 5) is 0. The van der Waals surface area contributed by atoms with Crippen molar-refractivity contribution in [2.24, 2.45) is 11.8 Å². The highest BCUT2D eigenvalue weighted by molar-refractivity contribution is 5.30. The van der Waals surface area contributed by atoms with Crippen molar-refractivity contribution in [1.29, 1.82) is 0 Å². The number of hydrogen-bond donors (Lipinski definition) is 1. The normalized spacial score (nSPS) is 19.3. The molecule has 106 valence electrons. The highest BCUT2D eigenvalue weighted by Crippen LogP contribution is 2.43. The molecule has 0 amide bonds. The van der Waals surface area contributed by atoms with Crippen molar-refractivity contribution in [2.45, 2.75) is 32.0 Å². The summed E-state index contributed by atoms with van der Waals surface area (Å²) in [5.74, 6) is -0.418. The first-order valence-corrected chi connectivity index (χ1v) is 6.38. The van der Waals surface area contributed by atoms with Crippen LogP contribution in [-0.2, 0) is 6.18 Å². The zero-order valence-corrected chi connectivity index (χ0v) is 10.9. The van der Waals surface area contributed by atoms with Crippen molar-refractivity contribution in [1.82, 2.24) is 5.32 Å². The van der Waals surface area contributed by atoms with E-state index in [1.54, 1.807) is 7.05 Å². The number of hydrogen-bond acceptors (Lipinski definition) is 1. The van der Waals surface area contributed by atoms with Gasteiger partial charge in [0.25, 0.3) is 0 Å².